The Morgan fingerprint density at radius 1 is 1.19 bits per heavy atom. The number of carbonyl (C=O) groups excluding carboxylic acids is 2. The van der Waals surface area contributed by atoms with Crippen LogP contribution in [0.3, 0.4) is 0 Å². The molecule has 0 spiro atoms. The van der Waals surface area contributed by atoms with Crippen molar-refractivity contribution in [1.29, 1.82) is 0 Å². The largest absolute Gasteiger partial charge is 0.441 e. The predicted molar refractivity (Wildman–Crippen MR) is 123 cm³/mol. The highest BCUT2D eigenvalue weighted by Crippen LogP contribution is 2.25. The Bertz CT molecular complexity index is 1060. The zero-order valence-electron chi connectivity index (χ0n) is 18.1. The van der Waals surface area contributed by atoms with Gasteiger partial charge in [0.2, 0.25) is 17.7 Å². The molecule has 168 valence electrons. The molecular formula is C24H27N3O4S. The standard InChI is InChI=1S/C24H27N3O4S/c1-16-21(15-25-22(28)8-7-20-6-3-13-32-20)27-24(31-16)18-4-2-5-19(14-18)26-23(29)17-9-11-30-12-10-17/h2-6,13-14,17H,7-12,15H2,1H3,(H,25,28)(H,26,29). The summed E-state index contributed by atoms with van der Waals surface area (Å²) in [4.78, 5) is 30.4. The number of carbonyl (C=O) groups is 2. The first-order valence-electron chi connectivity index (χ1n) is 10.8. The highest BCUT2D eigenvalue weighted by Gasteiger charge is 2.22. The van der Waals surface area contributed by atoms with E-state index in [1.807, 2.05) is 48.7 Å². The van der Waals surface area contributed by atoms with Crippen molar-refractivity contribution in [3.63, 3.8) is 0 Å². The minimum absolute atomic E-state index is 0.0137. The Morgan fingerprint density at radius 3 is 2.81 bits per heavy atom. The Labute approximate surface area is 191 Å². The first-order valence-corrected chi connectivity index (χ1v) is 11.7. The summed E-state index contributed by atoms with van der Waals surface area (Å²) in [5.74, 6) is 1.11. The summed E-state index contributed by atoms with van der Waals surface area (Å²) in [7, 11) is 0. The molecular weight excluding hydrogens is 426 g/mol. The van der Waals surface area contributed by atoms with Gasteiger partial charge in [-0.1, -0.05) is 12.1 Å². The van der Waals surface area contributed by atoms with Crippen LogP contribution in [0.5, 0.6) is 0 Å². The Morgan fingerprint density at radius 2 is 2.03 bits per heavy atom. The number of nitrogens with zero attached hydrogens (tertiary/aromatic N) is 1. The van der Waals surface area contributed by atoms with Crippen molar-refractivity contribution >= 4 is 28.8 Å². The van der Waals surface area contributed by atoms with Gasteiger partial charge in [-0.15, -0.1) is 11.3 Å². The van der Waals surface area contributed by atoms with Gasteiger partial charge < -0.3 is 19.8 Å². The fourth-order valence-corrected chi connectivity index (χ4v) is 4.32. The summed E-state index contributed by atoms with van der Waals surface area (Å²) < 4.78 is 11.2. The van der Waals surface area contributed by atoms with Crippen molar-refractivity contribution in [2.75, 3.05) is 18.5 Å². The number of ether oxygens (including phenoxy) is 1. The number of nitrogens with one attached hydrogen (secondary N) is 2. The maximum atomic E-state index is 12.5. The second kappa shape index (κ2) is 10.6. The third-order valence-corrected chi connectivity index (χ3v) is 6.43. The highest BCUT2D eigenvalue weighted by atomic mass is 32.1. The highest BCUT2D eigenvalue weighted by molar-refractivity contribution is 7.09. The van der Waals surface area contributed by atoms with Gasteiger partial charge in [0.1, 0.15) is 11.5 Å². The molecule has 1 aliphatic heterocycles. The molecule has 0 unspecified atom stereocenters. The normalized spacial score (nSPS) is 14.3. The van der Waals surface area contributed by atoms with Gasteiger partial charge in [0.25, 0.3) is 0 Å². The molecule has 0 saturated carbocycles. The van der Waals surface area contributed by atoms with Gasteiger partial charge in [-0.3, -0.25) is 9.59 Å². The lowest BCUT2D eigenvalue weighted by Gasteiger charge is -2.21. The second-order valence-electron chi connectivity index (χ2n) is 7.83. The van der Waals surface area contributed by atoms with Crippen LogP contribution in [0.4, 0.5) is 5.69 Å². The summed E-state index contributed by atoms with van der Waals surface area (Å²) in [6.07, 6.45) is 2.66. The molecule has 8 heteroatoms. The van der Waals surface area contributed by atoms with Crippen molar-refractivity contribution < 1.29 is 18.7 Å². The summed E-state index contributed by atoms with van der Waals surface area (Å²) >= 11 is 1.66. The van der Waals surface area contributed by atoms with Gasteiger partial charge in [-0.2, -0.15) is 0 Å². The third kappa shape index (κ3) is 5.83. The maximum Gasteiger partial charge on any atom is 0.227 e. The average Bonchev–Trinajstić information content (AvgIpc) is 3.47. The van der Waals surface area contributed by atoms with E-state index in [0.29, 0.717) is 49.2 Å². The molecule has 1 fully saturated rings. The molecule has 3 heterocycles. The van der Waals surface area contributed by atoms with Crippen LogP contribution in [0, 0.1) is 12.8 Å². The molecule has 2 aromatic heterocycles. The maximum absolute atomic E-state index is 12.5. The Kier molecular flexibility index (Phi) is 7.34. The molecule has 0 aliphatic carbocycles. The molecule has 2 N–H and O–H groups in total. The second-order valence-corrected chi connectivity index (χ2v) is 8.87. The van der Waals surface area contributed by atoms with E-state index in [4.69, 9.17) is 9.15 Å². The van der Waals surface area contributed by atoms with Gasteiger partial charge in [0.15, 0.2) is 0 Å². The van der Waals surface area contributed by atoms with Crippen LogP contribution in [-0.2, 0) is 27.3 Å². The van der Waals surface area contributed by atoms with Crippen LogP contribution in [0.15, 0.2) is 46.2 Å². The number of aromatic nitrogens is 1. The minimum Gasteiger partial charge on any atom is -0.441 e. The number of thiophene rings is 1. The van der Waals surface area contributed by atoms with E-state index < -0.39 is 0 Å². The monoisotopic (exact) mass is 453 g/mol. The van der Waals surface area contributed by atoms with E-state index in [-0.39, 0.29) is 17.7 Å². The first kappa shape index (κ1) is 22.2. The van der Waals surface area contributed by atoms with E-state index in [0.717, 1.165) is 24.8 Å². The van der Waals surface area contributed by atoms with E-state index in [1.54, 1.807) is 11.3 Å². The molecule has 3 aromatic rings. The lowest BCUT2D eigenvalue weighted by molar-refractivity contribution is -0.122. The number of oxazole rings is 1. The van der Waals surface area contributed by atoms with Crippen LogP contribution in [0.1, 0.15) is 35.6 Å². The molecule has 1 aromatic carbocycles. The minimum atomic E-state index is -0.0218. The van der Waals surface area contributed by atoms with Gasteiger partial charge in [-0.25, -0.2) is 4.98 Å². The fraction of sp³-hybridized carbons (Fsp3) is 0.375. The van der Waals surface area contributed by atoms with E-state index in [2.05, 4.69) is 15.6 Å². The van der Waals surface area contributed by atoms with E-state index in [9.17, 15) is 9.59 Å². The fourth-order valence-electron chi connectivity index (χ4n) is 3.61. The number of rotatable bonds is 8. The number of amides is 2. The first-order chi connectivity index (χ1) is 15.6. The molecule has 4 rings (SSSR count). The van der Waals surface area contributed by atoms with Gasteiger partial charge in [-0.05, 0) is 55.8 Å². The molecule has 0 bridgehead atoms. The quantitative estimate of drug-likeness (QED) is 0.530. The van der Waals surface area contributed by atoms with Crippen LogP contribution < -0.4 is 10.6 Å². The SMILES string of the molecule is Cc1oc(-c2cccc(NC(=O)C3CCOCC3)c2)nc1CNC(=O)CCc1cccs1. The molecule has 1 saturated heterocycles. The van der Waals surface area contributed by atoms with E-state index in [1.165, 1.54) is 4.88 Å². The summed E-state index contributed by atoms with van der Waals surface area (Å²) in [5, 5.41) is 7.92. The number of hydrogen-bond donors (Lipinski definition) is 2. The molecule has 0 atom stereocenters. The van der Waals surface area contributed by atoms with E-state index >= 15 is 0 Å². The molecule has 1 aliphatic rings. The molecule has 0 radical (unpaired) electrons. The van der Waals surface area contributed by atoms with Crippen molar-refractivity contribution in [2.45, 2.75) is 39.2 Å². The molecule has 7 nitrogen and oxygen atoms in total. The van der Waals surface area contributed by atoms with Crippen molar-refractivity contribution in [1.82, 2.24) is 10.3 Å². The average molecular weight is 454 g/mol. The van der Waals surface area contributed by atoms with Gasteiger partial charge >= 0.3 is 0 Å². The summed E-state index contributed by atoms with van der Waals surface area (Å²) in [5.41, 5.74) is 2.17. The van der Waals surface area contributed by atoms with Crippen LogP contribution >= 0.6 is 11.3 Å². The van der Waals surface area contributed by atoms with Crippen LogP contribution in [0.25, 0.3) is 11.5 Å². The summed E-state index contributed by atoms with van der Waals surface area (Å²) in [6.45, 7) is 3.40. The Balaban J connectivity index is 1.35. The van der Waals surface area contributed by atoms with Crippen molar-refractivity contribution in [3.8, 4) is 11.5 Å². The molecule has 32 heavy (non-hydrogen) atoms. The number of benzene rings is 1. The number of hydrogen-bond acceptors (Lipinski definition) is 6. The third-order valence-electron chi connectivity index (χ3n) is 5.49. The van der Waals surface area contributed by atoms with Crippen molar-refractivity contribution in [3.05, 3.63) is 58.1 Å². The zero-order valence-corrected chi connectivity index (χ0v) is 18.9. The predicted octanol–water partition coefficient (Wildman–Crippen LogP) is 4.33. The van der Waals surface area contributed by atoms with Crippen molar-refractivity contribution in [2.24, 2.45) is 5.92 Å². The topological polar surface area (TPSA) is 93.5 Å². The van der Waals surface area contributed by atoms with Crippen LogP contribution in [0.2, 0.25) is 0 Å². The lowest BCUT2D eigenvalue weighted by Crippen LogP contribution is -2.28. The number of aryl methyl sites for hydroxylation is 2. The Hall–Kier alpha value is -2.97. The molecule has 2 amide bonds. The lowest BCUT2D eigenvalue weighted by atomic mass is 9.99. The zero-order chi connectivity index (χ0) is 22.3. The summed E-state index contributed by atoms with van der Waals surface area (Å²) in [6, 6.07) is 11.5. The van der Waals surface area contributed by atoms with Crippen LogP contribution in [-0.4, -0.2) is 30.0 Å². The number of anilines is 1. The van der Waals surface area contributed by atoms with Gasteiger partial charge in [0, 0.05) is 41.7 Å². The van der Waals surface area contributed by atoms with Gasteiger partial charge in [0.05, 0.1) is 6.54 Å². The smallest absolute Gasteiger partial charge is 0.227 e.